The molecule has 0 saturated carbocycles. The van der Waals surface area contributed by atoms with Crippen molar-refractivity contribution in [2.45, 2.75) is 17.6 Å². The number of rotatable bonds is 8. The lowest BCUT2D eigenvalue weighted by Gasteiger charge is -2.10. The standard InChI is InChI=1S/C22H21ClN2O5S2/c1-16-2-8-20(9-3-16)25-32(29,30)21-12-10-19(11-13-21)24-22(26)15-31(27,28)14-17-4-6-18(23)7-5-17/h2-13,25H,14-15H2,1H3,(H,24,26). The third-order valence-electron chi connectivity index (χ3n) is 4.40. The fourth-order valence-corrected chi connectivity index (χ4v) is 5.29. The molecule has 168 valence electrons. The van der Waals surface area contributed by atoms with E-state index in [1.807, 2.05) is 6.92 Å². The molecule has 3 aromatic rings. The number of hydrogen-bond donors (Lipinski definition) is 2. The van der Waals surface area contributed by atoms with Crippen molar-refractivity contribution in [3.8, 4) is 0 Å². The smallest absolute Gasteiger partial charge is 0.261 e. The van der Waals surface area contributed by atoms with Gasteiger partial charge in [0.25, 0.3) is 10.0 Å². The van der Waals surface area contributed by atoms with Crippen molar-refractivity contribution >= 4 is 48.7 Å². The maximum Gasteiger partial charge on any atom is 0.261 e. The number of hydrogen-bond acceptors (Lipinski definition) is 5. The summed E-state index contributed by atoms with van der Waals surface area (Å²) in [4.78, 5) is 12.2. The lowest BCUT2D eigenvalue weighted by Crippen LogP contribution is -2.24. The van der Waals surface area contributed by atoms with Gasteiger partial charge in [-0.1, -0.05) is 41.4 Å². The van der Waals surface area contributed by atoms with Gasteiger partial charge in [0.2, 0.25) is 5.91 Å². The summed E-state index contributed by atoms with van der Waals surface area (Å²) in [5, 5.41) is 2.96. The first kappa shape index (κ1) is 23.8. The number of benzene rings is 3. The molecule has 10 heteroatoms. The number of carbonyl (C=O) groups excluding carboxylic acids is 1. The van der Waals surface area contributed by atoms with E-state index in [0.29, 0.717) is 16.3 Å². The molecular weight excluding hydrogens is 472 g/mol. The van der Waals surface area contributed by atoms with Crippen LogP contribution in [0.1, 0.15) is 11.1 Å². The summed E-state index contributed by atoms with van der Waals surface area (Å²) in [6.45, 7) is 1.90. The molecule has 0 spiro atoms. The second-order valence-corrected chi connectivity index (χ2v) is 11.4. The van der Waals surface area contributed by atoms with Crippen molar-refractivity contribution in [3.63, 3.8) is 0 Å². The molecule has 7 nitrogen and oxygen atoms in total. The summed E-state index contributed by atoms with van der Waals surface area (Å²) in [6.07, 6.45) is 0. The number of sulfonamides is 1. The summed E-state index contributed by atoms with van der Waals surface area (Å²) < 4.78 is 52.1. The molecule has 0 bridgehead atoms. The Bertz CT molecular complexity index is 1300. The van der Waals surface area contributed by atoms with Crippen molar-refractivity contribution in [1.29, 1.82) is 0 Å². The predicted octanol–water partition coefficient (Wildman–Crippen LogP) is 4.00. The van der Waals surface area contributed by atoms with Gasteiger partial charge >= 0.3 is 0 Å². The van der Waals surface area contributed by atoms with Crippen molar-refractivity contribution < 1.29 is 21.6 Å². The number of halogens is 1. The minimum absolute atomic E-state index is 0.00596. The van der Waals surface area contributed by atoms with Crippen molar-refractivity contribution in [2.24, 2.45) is 0 Å². The topological polar surface area (TPSA) is 109 Å². The Morgan fingerprint density at radius 2 is 1.38 bits per heavy atom. The highest BCUT2D eigenvalue weighted by Gasteiger charge is 2.18. The normalized spacial score (nSPS) is 11.7. The summed E-state index contributed by atoms with van der Waals surface area (Å²) in [5.41, 5.74) is 2.24. The molecule has 3 rings (SSSR count). The van der Waals surface area contributed by atoms with E-state index in [-0.39, 0.29) is 16.3 Å². The Morgan fingerprint density at radius 3 is 1.97 bits per heavy atom. The molecule has 0 fully saturated rings. The maximum atomic E-state index is 12.5. The first-order valence-corrected chi connectivity index (χ1v) is 13.1. The fraction of sp³-hybridized carbons (Fsp3) is 0.136. The lowest BCUT2D eigenvalue weighted by molar-refractivity contribution is -0.113. The van der Waals surface area contributed by atoms with E-state index in [2.05, 4.69) is 10.0 Å². The van der Waals surface area contributed by atoms with Crippen LogP contribution in [0.2, 0.25) is 5.02 Å². The van der Waals surface area contributed by atoms with Gasteiger partial charge in [-0.2, -0.15) is 0 Å². The van der Waals surface area contributed by atoms with Gasteiger partial charge in [-0.3, -0.25) is 9.52 Å². The van der Waals surface area contributed by atoms with Gasteiger partial charge in [0.05, 0.1) is 10.6 Å². The zero-order valence-corrected chi connectivity index (χ0v) is 19.5. The molecule has 0 heterocycles. The Labute approximate surface area is 192 Å². The van der Waals surface area contributed by atoms with Crippen molar-refractivity contribution in [2.75, 3.05) is 15.8 Å². The molecule has 0 atom stereocenters. The Morgan fingerprint density at radius 1 is 0.812 bits per heavy atom. The van der Waals surface area contributed by atoms with E-state index in [1.54, 1.807) is 48.5 Å². The molecule has 3 aromatic carbocycles. The van der Waals surface area contributed by atoms with Crippen LogP contribution in [0.5, 0.6) is 0 Å². The van der Waals surface area contributed by atoms with Gasteiger partial charge < -0.3 is 5.32 Å². The number of aryl methyl sites for hydroxylation is 1. The summed E-state index contributed by atoms with van der Waals surface area (Å²) >= 11 is 5.79. The number of sulfone groups is 1. The van der Waals surface area contributed by atoms with Gasteiger partial charge in [0.1, 0.15) is 5.75 Å². The van der Waals surface area contributed by atoms with Crippen LogP contribution in [0.3, 0.4) is 0 Å². The Kier molecular flexibility index (Phi) is 7.22. The molecule has 0 aliphatic carbocycles. The monoisotopic (exact) mass is 492 g/mol. The molecule has 0 unspecified atom stereocenters. The first-order valence-electron chi connectivity index (χ1n) is 9.47. The van der Waals surface area contributed by atoms with Gasteiger partial charge in [-0.15, -0.1) is 0 Å². The number of nitrogens with one attached hydrogen (secondary N) is 2. The molecule has 0 radical (unpaired) electrons. The summed E-state index contributed by atoms with van der Waals surface area (Å²) in [6, 6.07) is 18.7. The fourth-order valence-electron chi connectivity index (χ4n) is 2.84. The van der Waals surface area contributed by atoms with Gasteiger partial charge in [-0.25, -0.2) is 16.8 Å². The van der Waals surface area contributed by atoms with Crippen molar-refractivity contribution in [3.05, 3.63) is 88.9 Å². The van der Waals surface area contributed by atoms with Crippen LogP contribution in [0.25, 0.3) is 0 Å². The summed E-state index contributed by atoms with van der Waals surface area (Å²) in [5.74, 6) is -1.71. The molecule has 32 heavy (non-hydrogen) atoms. The quantitative estimate of drug-likeness (QED) is 0.494. The van der Waals surface area contributed by atoms with Crippen LogP contribution in [-0.4, -0.2) is 28.5 Å². The Hall–Kier alpha value is -2.88. The maximum absolute atomic E-state index is 12.5. The van der Waals surface area contributed by atoms with Gasteiger partial charge in [0.15, 0.2) is 9.84 Å². The minimum Gasteiger partial charge on any atom is -0.325 e. The highest BCUT2D eigenvalue weighted by atomic mass is 35.5. The molecule has 0 aliphatic heterocycles. The highest BCUT2D eigenvalue weighted by Crippen LogP contribution is 2.19. The third-order valence-corrected chi connectivity index (χ3v) is 7.53. The zero-order chi connectivity index (χ0) is 23.4. The SMILES string of the molecule is Cc1ccc(NS(=O)(=O)c2ccc(NC(=O)CS(=O)(=O)Cc3ccc(Cl)cc3)cc2)cc1. The molecule has 0 aliphatic rings. The van der Waals surface area contributed by atoms with E-state index in [4.69, 9.17) is 11.6 Å². The van der Waals surface area contributed by atoms with E-state index in [0.717, 1.165) is 5.56 Å². The number of amides is 1. The van der Waals surface area contributed by atoms with E-state index < -0.39 is 31.5 Å². The molecule has 0 saturated heterocycles. The van der Waals surface area contributed by atoms with E-state index >= 15 is 0 Å². The van der Waals surface area contributed by atoms with Gasteiger partial charge in [0, 0.05) is 16.4 Å². The molecule has 1 amide bonds. The van der Waals surface area contributed by atoms with Crippen LogP contribution in [-0.2, 0) is 30.4 Å². The summed E-state index contributed by atoms with van der Waals surface area (Å²) in [7, 11) is -7.50. The minimum atomic E-state index is -3.81. The predicted molar refractivity (Wildman–Crippen MR) is 126 cm³/mol. The third kappa shape index (κ3) is 6.81. The van der Waals surface area contributed by atoms with Crippen LogP contribution < -0.4 is 10.0 Å². The number of anilines is 2. The van der Waals surface area contributed by atoms with Crippen molar-refractivity contribution in [1.82, 2.24) is 0 Å². The molecule has 0 aromatic heterocycles. The van der Waals surface area contributed by atoms with Gasteiger partial charge in [-0.05, 0) is 61.0 Å². The van der Waals surface area contributed by atoms with Crippen LogP contribution in [0, 0.1) is 6.92 Å². The highest BCUT2D eigenvalue weighted by molar-refractivity contribution is 7.92. The molecule has 2 N–H and O–H groups in total. The van der Waals surface area contributed by atoms with Crippen LogP contribution in [0.4, 0.5) is 11.4 Å². The average molecular weight is 493 g/mol. The Balaban J connectivity index is 1.61. The lowest BCUT2D eigenvalue weighted by atomic mass is 10.2. The van der Waals surface area contributed by atoms with E-state index in [9.17, 15) is 21.6 Å². The van der Waals surface area contributed by atoms with E-state index in [1.165, 1.54) is 24.3 Å². The first-order chi connectivity index (χ1) is 15.0. The second kappa shape index (κ2) is 9.72. The zero-order valence-electron chi connectivity index (χ0n) is 17.1. The number of carbonyl (C=O) groups is 1. The van der Waals surface area contributed by atoms with Crippen LogP contribution in [0.15, 0.2) is 77.7 Å². The van der Waals surface area contributed by atoms with Crippen LogP contribution >= 0.6 is 11.6 Å². The largest absolute Gasteiger partial charge is 0.325 e. The average Bonchev–Trinajstić information content (AvgIpc) is 2.71. The molecular formula is C22H21ClN2O5S2. The second-order valence-electron chi connectivity index (χ2n) is 7.20.